The minimum absolute atomic E-state index is 0.0902. The van der Waals surface area contributed by atoms with Crippen molar-refractivity contribution in [1.29, 1.82) is 0 Å². The predicted octanol–water partition coefficient (Wildman–Crippen LogP) is 3.96. The van der Waals surface area contributed by atoms with Crippen LogP contribution in [0.5, 0.6) is 0 Å². The van der Waals surface area contributed by atoms with E-state index in [9.17, 15) is 4.79 Å². The van der Waals surface area contributed by atoms with Gasteiger partial charge in [0.1, 0.15) is 6.29 Å². The maximum absolute atomic E-state index is 11.5. The Bertz CT molecular complexity index is 207. The third-order valence-corrected chi connectivity index (χ3v) is 4.86. The molecule has 0 bridgehead atoms. The Hall–Kier alpha value is -0.330. The van der Waals surface area contributed by atoms with Crippen LogP contribution in [0.15, 0.2) is 0 Å². The summed E-state index contributed by atoms with van der Waals surface area (Å²) in [5.41, 5.74) is 0.0902. The summed E-state index contributed by atoms with van der Waals surface area (Å²) >= 11 is 0. The molecule has 2 saturated carbocycles. The minimum Gasteiger partial charge on any atom is -0.303 e. The summed E-state index contributed by atoms with van der Waals surface area (Å²) in [6.45, 7) is 2.33. The maximum atomic E-state index is 11.5. The molecule has 15 heavy (non-hydrogen) atoms. The Morgan fingerprint density at radius 1 is 1.00 bits per heavy atom. The lowest BCUT2D eigenvalue weighted by molar-refractivity contribution is -0.122. The van der Waals surface area contributed by atoms with Crippen molar-refractivity contribution in [1.82, 2.24) is 0 Å². The molecule has 0 aromatic heterocycles. The number of hydrogen-bond acceptors (Lipinski definition) is 1. The van der Waals surface area contributed by atoms with Crippen molar-refractivity contribution in [2.45, 2.75) is 64.7 Å². The maximum Gasteiger partial charge on any atom is 0.126 e. The van der Waals surface area contributed by atoms with Crippen LogP contribution in [0.2, 0.25) is 0 Å². The van der Waals surface area contributed by atoms with Crippen LogP contribution < -0.4 is 0 Å². The summed E-state index contributed by atoms with van der Waals surface area (Å²) in [7, 11) is 0. The molecule has 0 heterocycles. The Kier molecular flexibility index (Phi) is 3.48. The molecule has 0 unspecified atom stereocenters. The van der Waals surface area contributed by atoms with Crippen molar-refractivity contribution < 1.29 is 4.79 Å². The van der Waals surface area contributed by atoms with Gasteiger partial charge in [-0.25, -0.2) is 0 Å². The monoisotopic (exact) mass is 208 g/mol. The van der Waals surface area contributed by atoms with Crippen LogP contribution in [0.3, 0.4) is 0 Å². The van der Waals surface area contributed by atoms with E-state index < -0.39 is 0 Å². The molecular formula is C14H24O. The summed E-state index contributed by atoms with van der Waals surface area (Å²) in [6.07, 6.45) is 12.9. The van der Waals surface area contributed by atoms with Gasteiger partial charge >= 0.3 is 0 Å². The average molecular weight is 208 g/mol. The minimum atomic E-state index is 0.0902. The summed E-state index contributed by atoms with van der Waals surface area (Å²) in [5.74, 6) is 1.57. The molecule has 86 valence electrons. The molecule has 0 amide bonds. The van der Waals surface area contributed by atoms with Gasteiger partial charge in [-0.05, 0) is 50.4 Å². The first-order chi connectivity index (χ1) is 7.27. The smallest absolute Gasteiger partial charge is 0.126 e. The van der Waals surface area contributed by atoms with Crippen molar-refractivity contribution in [2.24, 2.45) is 17.3 Å². The van der Waals surface area contributed by atoms with Crippen LogP contribution in [-0.4, -0.2) is 6.29 Å². The third kappa shape index (κ3) is 2.26. The van der Waals surface area contributed by atoms with Gasteiger partial charge in [0.2, 0.25) is 0 Å². The molecule has 0 aromatic carbocycles. The van der Waals surface area contributed by atoms with Crippen LogP contribution >= 0.6 is 0 Å². The fourth-order valence-corrected chi connectivity index (χ4v) is 3.60. The molecule has 0 radical (unpaired) electrons. The van der Waals surface area contributed by atoms with Crippen molar-refractivity contribution in [3.05, 3.63) is 0 Å². The normalized spacial score (nSPS) is 38.9. The molecule has 0 saturated heterocycles. The highest BCUT2D eigenvalue weighted by Gasteiger charge is 2.41. The molecule has 2 fully saturated rings. The van der Waals surface area contributed by atoms with E-state index in [4.69, 9.17) is 0 Å². The Morgan fingerprint density at radius 3 is 2.13 bits per heavy atom. The standard InChI is InChI=1S/C14H24O/c1-12-7-9-14(11-15,10-8-12)13-5-3-2-4-6-13/h11-13H,2-10H2,1H3. The van der Waals surface area contributed by atoms with Gasteiger partial charge in [-0.3, -0.25) is 0 Å². The van der Waals surface area contributed by atoms with E-state index in [0.29, 0.717) is 0 Å². The number of carbonyl (C=O) groups is 1. The summed E-state index contributed by atoms with van der Waals surface area (Å²) < 4.78 is 0. The second kappa shape index (κ2) is 4.67. The zero-order chi connectivity index (χ0) is 10.7. The SMILES string of the molecule is CC1CCC(C=O)(C2CCCCC2)CC1. The molecule has 0 N–H and O–H groups in total. The largest absolute Gasteiger partial charge is 0.303 e. The predicted molar refractivity (Wildman–Crippen MR) is 62.7 cm³/mol. The van der Waals surface area contributed by atoms with Gasteiger partial charge in [-0.15, -0.1) is 0 Å². The molecule has 2 aliphatic rings. The van der Waals surface area contributed by atoms with E-state index in [1.165, 1.54) is 64.1 Å². The molecule has 2 aliphatic carbocycles. The molecule has 0 aliphatic heterocycles. The fourth-order valence-electron chi connectivity index (χ4n) is 3.60. The summed E-state index contributed by atoms with van der Waals surface area (Å²) in [5, 5.41) is 0. The lowest BCUT2D eigenvalue weighted by Crippen LogP contribution is -2.37. The van der Waals surface area contributed by atoms with Gasteiger partial charge in [0.25, 0.3) is 0 Å². The third-order valence-electron chi connectivity index (χ3n) is 4.86. The van der Waals surface area contributed by atoms with E-state index in [1.807, 2.05) is 0 Å². The van der Waals surface area contributed by atoms with Gasteiger partial charge in [0.15, 0.2) is 0 Å². The molecule has 0 spiro atoms. The average Bonchev–Trinajstić information content (AvgIpc) is 2.32. The zero-order valence-corrected chi connectivity index (χ0v) is 10.0. The fraction of sp³-hybridized carbons (Fsp3) is 0.929. The first-order valence-corrected chi connectivity index (χ1v) is 6.73. The van der Waals surface area contributed by atoms with Crippen molar-refractivity contribution in [3.63, 3.8) is 0 Å². The highest BCUT2D eigenvalue weighted by molar-refractivity contribution is 5.60. The number of rotatable bonds is 2. The van der Waals surface area contributed by atoms with Crippen molar-refractivity contribution in [3.8, 4) is 0 Å². The van der Waals surface area contributed by atoms with E-state index in [0.717, 1.165) is 11.8 Å². The van der Waals surface area contributed by atoms with E-state index in [-0.39, 0.29) is 5.41 Å². The Balaban J connectivity index is 2.03. The molecule has 0 atom stereocenters. The van der Waals surface area contributed by atoms with Gasteiger partial charge in [0.05, 0.1) is 0 Å². The summed E-state index contributed by atoms with van der Waals surface area (Å²) in [6, 6.07) is 0. The second-order valence-electron chi connectivity index (χ2n) is 5.87. The lowest BCUT2D eigenvalue weighted by Gasteiger charge is -2.42. The van der Waals surface area contributed by atoms with Crippen molar-refractivity contribution >= 4 is 6.29 Å². The first kappa shape index (κ1) is 11.2. The van der Waals surface area contributed by atoms with Crippen LogP contribution in [0.25, 0.3) is 0 Å². The summed E-state index contributed by atoms with van der Waals surface area (Å²) in [4.78, 5) is 11.5. The molecule has 1 nitrogen and oxygen atoms in total. The topological polar surface area (TPSA) is 17.1 Å². The number of hydrogen-bond donors (Lipinski definition) is 0. The molecule has 0 aromatic rings. The van der Waals surface area contributed by atoms with Crippen molar-refractivity contribution in [2.75, 3.05) is 0 Å². The lowest BCUT2D eigenvalue weighted by atomic mass is 9.61. The second-order valence-corrected chi connectivity index (χ2v) is 5.87. The van der Waals surface area contributed by atoms with E-state index >= 15 is 0 Å². The Morgan fingerprint density at radius 2 is 1.60 bits per heavy atom. The quantitative estimate of drug-likeness (QED) is 0.628. The number of carbonyl (C=O) groups excluding carboxylic acids is 1. The van der Waals surface area contributed by atoms with Crippen LogP contribution in [-0.2, 0) is 4.79 Å². The molecular weight excluding hydrogens is 184 g/mol. The van der Waals surface area contributed by atoms with Gasteiger partial charge in [0, 0.05) is 5.41 Å². The number of aldehydes is 1. The van der Waals surface area contributed by atoms with Gasteiger partial charge in [-0.1, -0.05) is 26.2 Å². The molecule has 1 heteroatoms. The van der Waals surface area contributed by atoms with Crippen LogP contribution in [0.1, 0.15) is 64.7 Å². The highest BCUT2D eigenvalue weighted by Crippen LogP contribution is 2.47. The highest BCUT2D eigenvalue weighted by atomic mass is 16.1. The van der Waals surface area contributed by atoms with E-state index in [1.54, 1.807) is 0 Å². The Labute approximate surface area is 93.6 Å². The van der Waals surface area contributed by atoms with Gasteiger partial charge in [-0.2, -0.15) is 0 Å². The molecule has 2 rings (SSSR count). The van der Waals surface area contributed by atoms with E-state index in [2.05, 4.69) is 6.92 Å². The van der Waals surface area contributed by atoms with Crippen LogP contribution in [0.4, 0.5) is 0 Å². The van der Waals surface area contributed by atoms with Crippen LogP contribution in [0, 0.1) is 17.3 Å². The van der Waals surface area contributed by atoms with Gasteiger partial charge < -0.3 is 4.79 Å². The first-order valence-electron chi connectivity index (χ1n) is 6.73. The zero-order valence-electron chi connectivity index (χ0n) is 10.0.